The SMILES string of the molecule is C[NH+](Cc1ccc(F)cc1)CN1C(=O)C(=O)N(Cc2ccccc2)C1=O. The van der Waals surface area contributed by atoms with Crippen molar-refractivity contribution in [2.75, 3.05) is 13.7 Å². The number of rotatable bonds is 6. The van der Waals surface area contributed by atoms with Gasteiger partial charge in [0.1, 0.15) is 12.4 Å². The zero-order chi connectivity index (χ0) is 18.7. The average molecular weight is 356 g/mol. The van der Waals surface area contributed by atoms with Crippen LogP contribution in [0, 0.1) is 5.82 Å². The first-order valence-corrected chi connectivity index (χ1v) is 8.22. The maximum atomic E-state index is 13.0. The summed E-state index contributed by atoms with van der Waals surface area (Å²) in [6.45, 7) is 0.619. The molecule has 134 valence electrons. The van der Waals surface area contributed by atoms with E-state index >= 15 is 0 Å². The van der Waals surface area contributed by atoms with Gasteiger partial charge in [-0.1, -0.05) is 42.5 Å². The van der Waals surface area contributed by atoms with E-state index in [4.69, 9.17) is 0 Å². The third-order valence-corrected chi connectivity index (χ3v) is 4.17. The molecule has 4 amide bonds. The van der Waals surface area contributed by atoms with Crippen molar-refractivity contribution in [3.8, 4) is 0 Å². The van der Waals surface area contributed by atoms with Crippen molar-refractivity contribution in [1.82, 2.24) is 9.80 Å². The number of hydrogen-bond donors (Lipinski definition) is 1. The molecule has 1 N–H and O–H groups in total. The van der Waals surface area contributed by atoms with Gasteiger partial charge in [-0.3, -0.25) is 14.5 Å². The Morgan fingerprint density at radius 1 is 0.846 bits per heavy atom. The lowest BCUT2D eigenvalue weighted by atomic mass is 10.2. The summed E-state index contributed by atoms with van der Waals surface area (Å²) in [5.74, 6) is -1.95. The molecule has 0 radical (unpaired) electrons. The molecule has 6 nitrogen and oxygen atoms in total. The van der Waals surface area contributed by atoms with Crippen LogP contribution in [0.3, 0.4) is 0 Å². The number of benzene rings is 2. The molecule has 1 saturated heterocycles. The first kappa shape index (κ1) is 17.8. The van der Waals surface area contributed by atoms with E-state index in [1.807, 2.05) is 6.07 Å². The molecule has 2 aromatic carbocycles. The zero-order valence-corrected chi connectivity index (χ0v) is 14.3. The Morgan fingerprint density at radius 2 is 1.46 bits per heavy atom. The minimum atomic E-state index is -0.815. The monoisotopic (exact) mass is 356 g/mol. The fourth-order valence-electron chi connectivity index (χ4n) is 2.87. The van der Waals surface area contributed by atoms with E-state index < -0.39 is 17.8 Å². The molecular formula is C19H19FN3O3+. The second kappa shape index (κ2) is 7.45. The topological polar surface area (TPSA) is 62.1 Å². The van der Waals surface area contributed by atoms with Crippen molar-refractivity contribution in [3.05, 3.63) is 71.5 Å². The number of quaternary nitrogens is 1. The minimum Gasteiger partial charge on any atom is -0.316 e. The van der Waals surface area contributed by atoms with Gasteiger partial charge in [0.05, 0.1) is 13.6 Å². The highest BCUT2D eigenvalue weighted by molar-refractivity contribution is 6.44. The first-order chi connectivity index (χ1) is 12.5. The molecule has 1 unspecified atom stereocenters. The van der Waals surface area contributed by atoms with Gasteiger partial charge in [-0.25, -0.2) is 14.1 Å². The van der Waals surface area contributed by atoms with Crippen LogP contribution < -0.4 is 4.90 Å². The van der Waals surface area contributed by atoms with Gasteiger partial charge in [0.15, 0.2) is 6.67 Å². The predicted molar refractivity (Wildman–Crippen MR) is 91.1 cm³/mol. The van der Waals surface area contributed by atoms with Crippen molar-refractivity contribution in [2.24, 2.45) is 0 Å². The fourth-order valence-corrected chi connectivity index (χ4v) is 2.87. The fraction of sp³-hybridized carbons (Fsp3) is 0.211. The molecule has 0 aliphatic carbocycles. The predicted octanol–water partition coefficient (Wildman–Crippen LogP) is 0.789. The Hall–Kier alpha value is -3.06. The summed E-state index contributed by atoms with van der Waals surface area (Å²) < 4.78 is 13.0. The highest BCUT2D eigenvalue weighted by Gasteiger charge is 2.45. The normalized spacial score (nSPS) is 15.7. The van der Waals surface area contributed by atoms with Crippen LogP contribution in [0.15, 0.2) is 54.6 Å². The van der Waals surface area contributed by atoms with Crippen LogP contribution in [0.2, 0.25) is 0 Å². The molecule has 2 aromatic rings. The molecule has 0 aromatic heterocycles. The maximum absolute atomic E-state index is 13.0. The molecule has 1 aliphatic heterocycles. The van der Waals surface area contributed by atoms with Gasteiger partial charge < -0.3 is 4.90 Å². The van der Waals surface area contributed by atoms with Crippen molar-refractivity contribution >= 4 is 17.8 Å². The number of nitrogens with zero attached hydrogens (tertiary/aromatic N) is 2. The Labute approximate surface area is 150 Å². The molecule has 1 fully saturated rings. The van der Waals surface area contributed by atoms with E-state index in [1.165, 1.54) is 12.1 Å². The second-order valence-corrected chi connectivity index (χ2v) is 6.31. The number of urea groups is 1. The van der Waals surface area contributed by atoms with Crippen molar-refractivity contribution in [2.45, 2.75) is 13.1 Å². The molecule has 26 heavy (non-hydrogen) atoms. The van der Waals surface area contributed by atoms with Crippen molar-refractivity contribution < 1.29 is 23.7 Å². The standard InChI is InChI=1S/C19H18FN3O3/c1-21(11-15-7-9-16(20)10-8-15)13-23-18(25)17(24)22(19(23)26)12-14-5-3-2-4-6-14/h2-10H,11-13H2,1H3/p+1. The third-order valence-electron chi connectivity index (χ3n) is 4.17. The van der Waals surface area contributed by atoms with Gasteiger partial charge in [0.2, 0.25) is 0 Å². The van der Waals surface area contributed by atoms with Crippen LogP contribution in [0.25, 0.3) is 0 Å². The van der Waals surface area contributed by atoms with E-state index in [0.29, 0.717) is 6.54 Å². The summed E-state index contributed by atoms with van der Waals surface area (Å²) in [5, 5.41) is 0. The third kappa shape index (κ3) is 3.78. The van der Waals surface area contributed by atoms with Gasteiger partial charge in [-0.15, -0.1) is 0 Å². The highest BCUT2D eigenvalue weighted by atomic mass is 19.1. The minimum absolute atomic E-state index is 0.0616. The lowest BCUT2D eigenvalue weighted by molar-refractivity contribution is -0.901. The van der Waals surface area contributed by atoms with Gasteiger partial charge in [-0.05, 0) is 17.7 Å². The van der Waals surface area contributed by atoms with Gasteiger partial charge >= 0.3 is 17.8 Å². The molecule has 0 bridgehead atoms. The van der Waals surface area contributed by atoms with Crippen molar-refractivity contribution in [1.29, 1.82) is 0 Å². The van der Waals surface area contributed by atoms with E-state index in [1.54, 1.807) is 43.4 Å². The van der Waals surface area contributed by atoms with Gasteiger partial charge in [-0.2, -0.15) is 0 Å². The van der Waals surface area contributed by atoms with Crippen LogP contribution >= 0.6 is 0 Å². The number of carbonyl (C=O) groups excluding carboxylic acids is 3. The number of hydrogen-bond acceptors (Lipinski definition) is 3. The lowest BCUT2D eigenvalue weighted by Gasteiger charge is -2.20. The molecule has 7 heteroatoms. The summed E-state index contributed by atoms with van der Waals surface area (Å²) in [4.78, 5) is 39.6. The largest absolute Gasteiger partial charge is 0.339 e. The van der Waals surface area contributed by atoms with E-state index in [0.717, 1.165) is 25.8 Å². The summed E-state index contributed by atoms with van der Waals surface area (Å²) in [7, 11) is 1.80. The summed E-state index contributed by atoms with van der Waals surface area (Å²) in [5.41, 5.74) is 1.64. The number of nitrogens with one attached hydrogen (secondary N) is 1. The molecule has 3 rings (SSSR count). The number of carbonyl (C=O) groups is 3. The van der Waals surface area contributed by atoms with E-state index in [9.17, 15) is 18.8 Å². The molecule has 0 saturated carbocycles. The Balaban J connectivity index is 1.66. The summed E-state index contributed by atoms with van der Waals surface area (Å²) in [6, 6.07) is 14.4. The molecule has 1 aliphatic rings. The number of halogens is 1. The quantitative estimate of drug-likeness (QED) is 0.615. The van der Waals surface area contributed by atoms with Crippen LogP contribution in [0.1, 0.15) is 11.1 Å². The lowest BCUT2D eigenvalue weighted by Crippen LogP contribution is -3.09. The van der Waals surface area contributed by atoms with Gasteiger partial charge in [0, 0.05) is 5.56 Å². The summed E-state index contributed by atoms with van der Waals surface area (Å²) >= 11 is 0. The molecule has 0 spiro atoms. The van der Waals surface area contributed by atoms with Crippen LogP contribution in [-0.4, -0.2) is 41.4 Å². The van der Waals surface area contributed by atoms with Crippen LogP contribution in [-0.2, 0) is 22.7 Å². The molecule has 1 heterocycles. The second-order valence-electron chi connectivity index (χ2n) is 6.31. The Kier molecular flexibility index (Phi) is 5.09. The van der Waals surface area contributed by atoms with Gasteiger partial charge in [0.25, 0.3) is 0 Å². The van der Waals surface area contributed by atoms with Crippen LogP contribution in [0.5, 0.6) is 0 Å². The Morgan fingerprint density at radius 3 is 2.12 bits per heavy atom. The van der Waals surface area contributed by atoms with Crippen LogP contribution in [0.4, 0.5) is 9.18 Å². The van der Waals surface area contributed by atoms with Crippen molar-refractivity contribution in [3.63, 3.8) is 0 Å². The molecular weight excluding hydrogens is 337 g/mol. The number of imide groups is 2. The van der Waals surface area contributed by atoms with E-state index in [2.05, 4.69) is 0 Å². The smallest absolute Gasteiger partial charge is 0.316 e. The zero-order valence-electron chi connectivity index (χ0n) is 14.3. The van der Waals surface area contributed by atoms with E-state index in [-0.39, 0.29) is 19.0 Å². The Bertz CT molecular complexity index is 824. The molecule has 1 atom stereocenters. The maximum Gasteiger partial charge on any atom is 0.339 e. The number of amides is 4. The highest BCUT2D eigenvalue weighted by Crippen LogP contribution is 2.14. The summed E-state index contributed by atoms with van der Waals surface area (Å²) in [6.07, 6.45) is 0. The first-order valence-electron chi connectivity index (χ1n) is 8.22. The average Bonchev–Trinajstić information content (AvgIpc) is 2.83.